The van der Waals surface area contributed by atoms with Crippen molar-refractivity contribution in [3.8, 4) is 0 Å². The minimum atomic E-state index is -4.44. The normalized spacial score (nSPS) is 22.8. The van der Waals surface area contributed by atoms with Crippen molar-refractivity contribution in [1.82, 2.24) is 25.2 Å². The summed E-state index contributed by atoms with van der Waals surface area (Å²) in [6, 6.07) is 7.33. The summed E-state index contributed by atoms with van der Waals surface area (Å²) in [5.41, 5.74) is -0.722. The molecule has 3 aromatic rings. The first kappa shape index (κ1) is 25.7. The number of fused-ring (bicyclic) bond motifs is 4. The van der Waals surface area contributed by atoms with E-state index in [1.165, 1.54) is 28.9 Å². The van der Waals surface area contributed by atoms with Crippen LogP contribution in [-0.4, -0.2) is 44.0 Å². The van der Waals surface area contributed by atoms with Gasteiger partial charge < -0.3 is 15.7 Å². The second-order valence-electron chi connectivity index (χ2n) is 10.3. The van der Waals surface area contributed by atoms with Crippen LogP contribution in [0.25, 0.3) is 5.65 Å². The summed E-state index contributed by atoms with van der Waals surface area (Å²) in [6.07, 6.45) is 0.982. The van der Waals surface area contributed by atoms with Crippen molar-refractivity contribution in [2.75, 3.05) is 6.54 Å². The largest absolute Gasteiger partial charge is 0.481 e. The first-order chi connectivity index (χ1) is 18.0. The Labute approximate surface area is 215 Å². The Bertz CT molecular complexity index is 1380. The van der Waals surface area contributed by atoms with Gasteiger partial charge >= 0.3 is 12.1 Å². The van der Waals surface area contributed by atoms with Gasteiger partial charge in [-0.25, -0.2) is 9.50 Å². The van der Waals surface area contributed by atoms with Crippen LogP contribution in [0.5, 0.6) is 0 Å². The number of aromatic nitrogens is 3. The van der Waals surface area contributed by atoms with Crippen LogP contribution in [0, 0.1) is 10.8 Å². The van der Waals surface area contributed by atoms with Crippen LogP contribution in [0.4, 0.5) is 13.2 Å². The minimum Gasteiger partial charge on any atom is -0.481 e. The van der Waals surface area contributed by atoms with E-state index in [0.29, 0.717) is 31.4 Å². The highest BCUT2D eigenvalue weighted by atomic mass is 19.4. The van der Waals surface area contributed by atoms with E-state index >= 15 is 0 Å². The van der Waals surface area contributed by atoms with Gasteiger partial charge in [-0.05, 0) is 61.6 Å². The Hall–Kier alpha value is -3.96. The highest BCUT2D eigenvalue weighted by Crippen LogP contribution is 2.56. The summed E-state index contributed by atoms with van der Waals surface area (Å²) in [5.74, 6) is -1.77. The molecule has 3 aliphatic carbocycles. The first-order valence-corrected chi connectivity index (χ1v) is 12.3. The number of carboxylic acid groups (broad SMARTS) is 1. The Morgan fingerprint density at radius 2 is 1.61 bits per heavy atom. The molecule has 3 N–H and O–H groups in total. The average Bonchev–Trinajstić information content (AvgIpc) is 3.39. The molecule has 6 rings (SSSR count). The molecule has 0 spiro atoms. The second-order valence-corrected chi connectivity index (χ2v) is 10.3. The number of nitrogens with one attached hydrogen (secondary N) is 2. The fourth-order valence-corrected chi connectivity index (χ4v) is 5.48. The second kappa shape index (κ2) is 9.41. The lowest BCUT2D eigenvalue weighted by molar-refractivity contribution is -0.158. The molecular formula is C26H26F3N5O4. The van der Waals surface area contributed by atoms with Crippen molar-refractivity contribution < 1.29 is 32.7 Å². The van der Waals surface area contributed by atoms with Gasteiger partial charge in [-0.15, -0.1) is 0 Å². The van der Waals surface area contributed by atoms with Crippen LogP contribution in [0.1, 0.15) is 70.6 Å². The van der Waals surface area contributed by atoms with Crippen molar-refractivity contribution in [2.24, 2.45) is 10.8 Å². The number of carboxylic acids is 1. The predicted molar refractivity (Wildman–Crippen MR) is 128 cm³/mol. The predicted octanol–water partition coefficient (Wildman–Crippen LogP) is 3.83. The monoisotopic (exact) mass is 529 g/mol. The Kier molecular flexibility index (Phi) is 6.36. The van der Waals surface area contributed by atoms with Crippen LogP contribution < -0.4 is 10.6 Å². The zero-order valence-electron chi connectivity index (χ0n) is 20.3. The van der Waals surface area contributed by atoms with Gasteiger partial charge in [0, 0.05) is 25.2 Å². The van der Waals surface area contributed by atoms with E-state index in [0.717, 1.165) is 31.4 Å². The number of hydrogen-bond donors (Lipinski definition) is 3. The molecular weight excluding hydrogens is 503 g/mol. The lowest BCUT2D eigenvalue weighted by Crippen LogP contribution is -2.50. The van der Waals surface area contributed by atoms with E-state index in [-0.39, 0.29) is 29.0 Å². The highest BCUT2D eigenvalue weighted by Gasteiger charge is 2.52. The topological polar surface area (TPSA) is 126 Å². The van der Waals surface area contributed by atoms with Crippen molar-refractivity contribution in [3.63, 3.8) is 0 Å². The molecule has 0 saturated heterocycles. The van der Waals surface area contributed by atoms with E-state index in [9.17, 15) is 32.7 Å². The van der Waals surface area contributed by atoms with E-state index in [1.807, 2.05) is 0 Å². The van der Waals surface area contributed by atoms with E-state index in [2.05, 4.69) is 20.7 Å². The Morgan fingerprint density at radius 3 is 2.21 bits per heavy atom. The van der Waals surface area contributed by atoms with Crippen LogP contribution >= 0.6 is 0 Å². The van der Waals surface area contributed by atoms with Crippen LogP contribution in [0.3, 0.4) is 0 Å². The van der Waals surface area contributed by atoms with Crippen molar-refractivity contribution in [2.45, 2.75) is 51.2 Å². The zero-order valence-corrected chi connectivity index (χ0v) is 20.3. The minimum absolute atomic E-state index is 0.0228. The number of carbonyl (C=O) groups excluding carboxylic acids is 2. The maximum absolute atomic E-state index is 13.2. The lowest BCUT2D eigenvalue weighted by Gasteiger charge is -2.51. The summed E-state index contributed by atoms with van der Waals surface area (Å²) in [4.78, 5) is 41.9. The molecule has 0 radical (unpaired) electrons. The third kappa shape index (κ3) is 4.82. The standard InChI is InChI=1S/C26H26F3N5O4/c27-26(28,29)17-3-1-16(2-4-17)14-30-21(35)18-13-19(34-20(33-18)5-12-32-34)22(36)31-15-24-6-9-25(10-7-24,11-8-24)23(37)38/h1-5,12-13H,6-11,14-15H2,(H,30,35)(H,31,36)(H,37,38). The number of aliphatic carboxylic acids is 1. The van der Waals surface area contributed by atoms with Gasteiger partial charge in [0.2, 0.25) is 0 Å². The summed E-state index contributed by atoms with van der Waals surface area (Å²) >= 11 is 0. The molecule has 3 fully saturated rings. The molecule has 38 heavy (non-hydrogen) atoms. The van der Waals surface area contributed by atoms with E-state index in [1.54, 1.807) is 6.07 Å². The molecule has 0 unspecified atom stereocenters. The maximum atomic E-state index is 13.2. The quantitative estimate of drug-likeness (QED) is 0.427. The van der Waals surface area contributed by atoms with Crippen LogP contribution in [0.2, 0.25) is 0 Å². The molecule has 2 bridgehead atoms. The molecule has 2 amide bonds. The van der Waals surface area contributed by atoms with Gasteiger partial charge in [0.15, 0.2) is 5.65 Å². The summed E-state index contributed by atoms with van der Waals surface area (Å²) in [5, 5.41) is 19.3. The number of nitrogens with zero attached hydrogens (tertiary/aromatic N) is 3. The summed E-state index contributed by atoms with van der Waals surface area (Å²) in [6.45, 7) is 0.368. The number of carbonyl (C=O) groups is 3. The SMILES string of the molecule is O=C(NCc1ccc(C(F)(F)F)cc1)c1cc(C(=O)NCC23CCC(C(=O)O)(CC2)CC3)n2nccc2n1. The molecule has 1 aromatic carbocycles. The van der Waals surface area contributed by atoms with E-state index in [4.69, 9.17) is 0 Å². The number of rotatable bonds is 7. The molecule has 2 aromatic heterocycles. The highest BCUT2D eigenvalue weighted by molar-refractivity contribution is 5.98. The number of benzene rings is 1. The number of alkyl halides is 3. The van der Waals surface area contributed by atoms with Crippen LogP contribution in [-0.2, 0) is 17.5 Å². The van der Waals surface area contributed by atoms with Crippen molar-refractivity contribution >= 4 is 23.4 Å². The molecule has 3 saturated carbocycles. The van der Waals surface area contributed by atoms with Gasteiger partial charge in [-0.2, -0.15) is 18.3 Å². The van der Waals surface area contributed by atoms with Crippen LogP contribution in [0.15, 0.2) is 42.6 Å². The number of hydrogen-bond acceptors (Lipinski definition) is 5. The molecule has 12 heteroatoms. The summed E-state index contributed by atoms with van der Waals surface area (Å²) < 4.78 is 39.6. The first-order valence-electron chi connectivity index (χ1n) is 12.3. The Balaban J connectivity index is 1.26. The van der Waals surface area contributed by atoms with Crippen molar-refractivity contribution in [1.29, 1.82) is 0 Å². The lowest BCUT2D eigenvalue weighted by atomic mass is 9.53. The van der Waals surface area contributed by atoms with Gasteiger partial charge in [0.25, 0.3) is 11.8 Å². The van der Waals surface area contributed by atoms with Gasteiger partial charge in [0.05, 0.1) is 17.2 Å². The van der Waals surface area contributed by atoms with Gasteiger partial charge in [-0.3, -0.25) is 14.4 Å². The molecule has 200 valence electrons. The fourth-order valence-electron chi connectivity index (χ4n) is 5.48. The molecule has 0 atom stereocenters. The molecule has 9 nitrogen and oxygen atoms in total. The third-order valence-corrected chi connectivity index (χ3v) is 8.04. The van der Waals surface area contributed by atoms with Gasteiger partial charge in [0.1, 0.15) is 11.4 Å². The molecule has 3 aliphatic rings. The smallest absolute Gasteiger partial charge is 0.416 e. The number of halogens is 3. The number of amides is 2. The average molecular weight is 530 g/mol. The summed E-state index contributed by atoms with van der Waals surface area (Å²) in [7, 11) is 0. The molecule has 2 heterocycles. The van der Waals surface area contributed by atoms with Crippen molar-refractivity contribution in [3.05, 3.63) is 65.1 Å². The molecule has 0 aliphatic heterocycles. The maximum Gasteiger partial charge on any atom is 0.416 e. The Morgan fingerprint density at radius 1 is 0.947 bits per heavy atom. The zero-order chi connectivity index (χ0) is 27.1. The third-order valence-electron chi connectivity index (χ3n) is 8.04. The fraction of sp³-hybridized carbons (Fsp3) is 0.423. The van der Waals surface area contributed by atoms with Gasteiger partial charge in [-0.1, -0.05) is 12.1 Å². The van der Waals surface area contributed by atoms with E-state index < -0.39 is 34.9 Å².